The normalized spacial score (nSPS) is 12.1. The molecule has 0 radical (unpaired) electrons. The van der Waals surface area contributed by atoms with Crippen LogP contribution in [0.2, 0.25) is 0 Å². The zero-order chi connectivity index (χ0) is 23.8. The molecule has 6 nitrogen and oxygen atoms in total. The molecule has 0 saturated heterocycles. The Bertz CT molecular complexity index is 1160. The molecule has 172 valence electrons. The lowest BCUT2D eigenvalue weighted by molar-refractivity contribution is -0.275. The molecule has 0 aliphatic carbocycles. The molecule has 0 aliphatic rings. The maximum absolute atomic E-state index is 12.0. The molecule has 2 aromatic heterocycles. The van der Waals surface area contributed by atoms with E-state index in [1.54, 1.807) is 42.5 Å². The van der Waals surface area contributed by atoms with Crippen molar-refractivity contribution in [1.29, 1.82) is 0 Å². The summed E-state index contributed by atoms with van der Waals surface area (Å²) in [5, 5.41) is 9.50. The molecule has 0 aliphatic heterocycles. The average Bonchev–Trinajstić information content (AvgIpc) is 3.08. The minimum atomic E-state index is -4.67. The van der Waals surface area contributed by atoms with Gasteiger partial charge in [-0.1, -0.05) is 0 Å². The second-order valence-corrected chi connectivity index (χ2v) is 7.60. The van der Waals surface area contributed by atoms with Gasteiger partial charge in [0.25, 0.3) is 0 Å². The van der Waals surface area contributed by atoms with Gasteiger partial charge >= 0.3 is 12.7 Å². The van der Waals surface area contributed by atoms with Crippen molar-refractivity contribution < 1.29 is 35.8 Å². The first-order valence-corrected chi connectivity index (χ1v) is 9.88. The van der Waals surface area contributed by atoms with Crippen molar-refractivity contribution in [3.63, 3.8) is 0 Å². The molecule has 13 heteroatoms. The molecule has 0 spiro atoms. The van der Waals surface area contributed by atoms with E-state index in [0.29, 0.717) is 20.2 Å². The molecule has 0 fully saturated rings. The van der Waals surface area contributed by atoms with E-state index in [0.717, 1.165) is 11.0 Å². The molecule has 0 atom stereocenters. The van der Waals surface area contributed by atoms with Crippen molar-refractivity contribution in [3.05, 3.63) is 45.8 Å². The number of benzene rings is 2. The van der Waals surface area contributed by atoms with Crippen LogP contribution >= 0.6 is 22.6 Å². The Morgan fingerprint density at radius 1 is 0.750 bits per heavy atom. The quantitative estimate of drug-likeness (QED) is 0.223. The SMILES string of the molecule is Cc1nn(C)c2ccc(OC(F)(F)F)cc12.Cn1nc(I)c2cc(OC(F)(F)F)ccc21. The Morgan fingerprint density at radius 2 is 1.19 bits per heavy atom. The maximum Gasteiger partial charge on any atom is 0.573 e. The molecule has 0 amide bonds. The van der Waals surface area contributed by atoms with E-state index in [1.165, 1.54) is 24.3 Å². The van der Waals surface area contributed by atoms with Crippen LogP contribution in [-0.2, 0) is 14.1 Å². The predicted molar refractivity (Wildman–Crippen MR) is 112 cm³/mol. The van der Waals surface area contributed by atoms with Crippen LogP contribution in [0.4, 0.5) is 26.3 Å². The zero-order valence-corrected chi connectivity index (χ0v) is 18.9. The van der Waals surface area contributed by atoms with E-state index >= 15 is 0 Å². The number of halogens is 7. The van der Waals surface area contributed by atoms with Crippen LogP contribution in [0, 0.1) is 10.6 Å². The first kappa shape index (κ1) is 23.9. The lowest BCUT2D eigenvalue weighted by Crippen LogP contribution is -2.17. The Balaban J connectivity index is 0.000000181. The Hall–Kier alpha value is -2.71. The second-order valence-electron chi connectivity index (χ2n) is 6.58. The summed E-state index contributed by atoms with van der Waals surface area (Å²) in [6.45, 7) is 1.74. The number of hydrogen-bond acceptors (Lipinski definition) is 4. The number of hydrogen-bond donors (Lipinski definition) is 0. The molecule has 0 bridgehead atoms. The smallest absolute Gasteiger partial charge is 0.406 e. The van der Waals surface area contributed by atoms with Gasteiger partial charge in [0.15, 0.2) is 0 Å². The molecule has 2 aromatic carbocycles. The van der Waals surface area contributed by atoms with Crippen molar-refractivity contribution in [2.24, 2.45) is 14.1 Å². The van der Waals surface area contributed by atoms with Gasteiger partial charge in [-0.2, -0.15) is 10.2 Å². The number of nitrogens with zero attached hydrogens (tertiary/aromatic N) is 4. The number of ether oxygens (including phenoxy) is 2. The summed E-state index contributed by atoms with van der Waals surface area (Å²) in [7, 11) is 3.47. The molecule has 32 heavy (non-hydrogen) atoms. The Kier molecular flexibility index (Phi) is 6.49. The fraction of sp³-hybridized carbons (Fsp3) is 0.263. The number of aromatic nitrogens is 4. The fourth-order valence-corrected chi connectivity index (χ4v) is 3.77. The van der Waals surface area contributed by atoms with Crippen LogP contribution in [0.25, 0.3) is 21.8 Å². The molecule has 0 N–H and O–H groups in total. The van der Waals surface area contributed by atoms with Crippen molar-refractivity contribution in [2.45, 2.75) is 19.6 Å². The predicted octanol–water partition coefficient (Wildman–Crippen LogP) is 5.86. The van der Waals surface area contributed by atoms with E-state index < -0.39 is 12.7 Å². The van der Waals surface area contributed by atoms with Gasteiger partial charge in [-0.25, -0.2) is 0 Å². The molecular formula is C19H15F6IN4O2. The van der Waals surface area contributed by atoms with Crippen LogP contribution in [0.3, 0.4) is 0 Å². The van der Waals surface area contributed by atoms with Gasteiger partial charge in [-0.3, -0.25) is 9.36 Å². The summed E-state index contributed by atoms with van der Waals surface area (Å²) < 4.78 is 83.5. The number of rotatable bonds is 2. The summed E-state index contributed by atoms with van der Waals surface area (Å²) in [6.07, 6.45) is -9.33. The van der Waals surface area contributed by atoms with Gasteiger partial charge in [0.1, 0.15) is 15.2 Å². The van der Waals surface area contributed by atoms with E-state index in [4.69, 9.17) is 0 Å². The van der Waals surface area contributed by atoms with Crippen molar-refractivity contribution >= 4 is 44.4 Å². The minimum absolute atomic E-state index is 0.226. The van der Waals surface area contributed by atoms with Crippen molar-refractivity contribution in [3.8, 4) is 11.5 Å². The molecule has 4 aromatic rings. The van der Waals surface area contributed by atoms with Gasteiger partial charge in [-0.05, 0) is 65.9 Å². The van der Waals surface area contributed by atoms with E-state index in [-0.39, 0.29) is 11.5 Å². The van der Waals surface area contributed by atoms with Crippen molar-refractivity contribution in [2.75, 3.05) is 0 Å². The standard InChI is InChI=1S/C10H9F3N2O.C9H6F3IN2O/c1-6-8-5-7(16-10(11,12)13)3-4-9(8)15(2)14-6;1-15-7-3-2-5(16-9(10,11)12)4-6(7)8(13)14-15/h3-5H,1-2H3;2-4H,1H3. The van der Waals surface area contributed by atoms with Gasteiger partial charge in [0.05, 0.1) is 16.7 Å². The van der Waals surface area contributed by atoms with Crippen LogP contribution in [-0.4, -0.2) is 32.3 Å². The summed E-state index contributed by atoms with van der Waals surface area (Å²) in [6, 6.07) is 8.31. The molecular weight excluding hydrogens is 557 g/mol. The van der Waals surface area contributed by atoms with Gasteiger partial charge in [0, 0.05) is 24.9 Å². The average molecular weight is 572 g/mol. The number of fused-ring (bicyclic) bond motifs is 2. The third-order valence-corrected chi connectivity index (χ3v) is 5.05. The minimum Gasteiger partial charge on any atom is -0.406 e. The van der Waals surface area contributed by atoms with Crippen LogP contribution in [0.5, 0.6) is 11.5 Å². The highest BCUT2D eigenvalue weighted by Crippen LogP contribution is 2.29. The summed E-state index contributed by atoms with van der Waals surface area (Å²) in [5.41, 5.74) is 2.20. The van der Waals surface area contributed by atoms with Crippen LogP contribution < -0.4 is 9.47 Å². The molecule has 0 saturated carbocycles. The van der Waals surface area contributed by atoms with Gasteiger partial charge in [0.2, 0.25) is 0 Å². The fourth-order valence-electron chi connectivity index (χ4n) is 3.02. The van der Waals surface area contributed by atoms with Crippen molar-refractivity contribution in [1.82, 2.24) is 19.6 Å². The van der Waals surface area contributed by atoms with Crippen LogP contribution in [0.1, 0.15) is 5.69 Å². The highest BCUT2D eigenvalue weighted by molar-refractivity contribution is 14.1. The highest BCUT2D eigenvalue weighted by Gasteiger charge is 2.32. The highest BCUT2D eigenvalue weighted by atomic mass is 127. The van der Waals surface area contributed by atoms with Crippen LogP contribution in [0.15, 0.2) is 36.4 Å². The lowest BCUT2D eigenvalue weighted by Gasteiger charge is -2.08. The number of aryl methyl sites for hydroxylation is 3. The summed E-state index contributed by atoms with van der Waals surface area (Å²) in [5.74, 6) is -0.456. The summed E-state index contributed by atoms with van der Waals surface area (Å²) >= 11 is 1.96. The van der Waals surface area contributed by atoms with Gasteiger partial charge in [-0.15, -0.1) is 26.3 Å². The Labute approximate surface area is 190 Å². The first-order chi connectivity index (χ1) is 14.7. The summed E-state index contributed by atoms with van der Waals surface area (Å²) in [4.78, 5) is 0. The lowest BCUT2D eigenvalue weighted by atomic mass is 10.2. The number of alkyl halides is 6. The molecule has 2 heterocycles. The first-order valence-electron chi connectivity index (χ1n) is 8.80. The second kappa shape index (κ2) is 8.67. The third kappa shape index (κ3) is 5.75. The van der Waals surface area contributed by atoms with E-state index in [2.05, 4.69) is 19.7 Å². The largest absolute Gasteiger partial charge is 0.573 e. The molecule has 0 unspecified atom stereocenters. The topological polar surface area (TPSA) is 54.1 Å². The zero-order valence-electron chi connectivity index (χ0n) is 16.7. The third-order valence-electron chi connectivity index (χ3n) is 4.25. The maximum atomic E-state index is 12.0. The van der Waals surface area contributed by atoms with E-state index in [1.807, 2.05) is 22.6 Å². The van der Waals surface area contributed by atoms with E-state index in [9.17, 15) is 26.3 Å². The Morgan fingerprint density at radius 3 is 1.69 bits per heavy atom. The monoisotopic (exact) mass is 572 g/mol. The molecule has 4 rings (SSSR count). The van der Waals surface area contributed by atoms with Gasteiger partial charge < -0.3 is 9.47 Å².